The van der Waals surface area contributed by atoms with Gasteiger partial charge in [-0.2, -0.15) is 23.0 Å². The van der Waals surface area contributed by atoms with Crippen LogP contribution in [0.4, 0.5) is 13.2 Å². The van der Waals surface area contributed by atoms with Gasteiger partial charge >= 0.3 is 12.1 Å². The molecule has 3 aromatic rings. The number of hydrogen-bond donors (Lipinski definition) is 6. The molecular weight excluding hydrogens is 885 g/mol. The molecule has 0 aliphatic carbocycles. The Hall–Kier alpha value is -5.54. The second-order valence-electron chi connectivity index (χ2n) is 17.1. The average Bonchev–Trinajstić information content (AvgIpc) is 3.85. The molecule has 350 valence electrons. The molecule has 5 amide bonds. The van der Waals surface area contributed by atoms with Gasteiger partial charge in [0.15, 0.2) is 0 Å². The third kappa shape index (κ3) is 14.5. The van der Waals surface area contributed by atoms with Crippen LogP contribution < -0.4 is 26.4 Å². The number of carboxylic acid groups (broad SMARTS) is 1. The first kappa shape index (κ1) is 51.1. The molecule has 1 saturated heterocycles. The minimum atomic E-state index is -5.01. The van der Waals surface area contributed by atoms with Gasteiger partial charge in [-0.1, -0.05) is 70.5 Å². The van der Waals surface area contributed by atoms with Crippen LogP contribution in [0.5, 0.6) is 0 Å². The summed E-state index contributed by atoms with van der Waals surface area (Å²) >= 11 is 5.58. The minimum Gasteiger partial charge on any atom is -0.480 e. The largest absolute Gasteiger partial charge is 0.480 e. The molecule has 0 saturated carbocycles. The molecule has 1 aromatic heterocycles. The highest BCUT2D eigenvalue weighted by Crippen LogP contribution is 2.36. The smallest absolute Gasteiger partial charge is 0.417 e. The fourth-order valence-corrected chi connectivity index (χ4v) is 8.53. The molecule has 2 heterocycles. The van der Waals surface area contributed by atoms with Crippen LogP contribution in [0.3, 0.4) is 0 Å². The summed E-state index contributed by atoms with van der Waals surface area (Å²) in [5.74, 6) is -4.82. The zero-order valence-corrected chi connectivity index (χ0v) is 37.6. The number of benzene rings is 2. The standard InChI is InChI=1S/C42H54ClF3N8O9S/c1-24(2)22-53-23-27(20-49-53)26-10-8-25(9-11-26)17-33(38(58)51-37(41(3,4)5)39(59)54-16-6-7-28(54)18-34(47)55)50-36(57)21-48-35(56)15-14-32(40(60)61)52-64(62,63)29-12-13-31(43)30(19-29)42(44,45)46/h8-13,19-20,23-24,28,32-33,37,52H,6-7,14-18,21-22H2,1-5H3,(H2,47,55)(H,48,56)(H,50,57)(H,51,58)(H,60,61)/t28-,32-,33-,37+/m0/s1. The topological polar surface area (TPSA) is 252 Å². The lowest BCUT2D eigenvalue weighted by atomic mass is 9.85. The third-order valence-electron chi connectivity index (χ3n) is 10.3. The number of likely N-dealkylation sites (tertiary alicyclic amines) is 1. The van der Waals surface area contributed by atoms with Gasteiger partial charge in [-0.15, -0.1) is 0 Å². The molecule has 1 fully saturated rings. The van der Waals surface area contributed by atoms with Crippen LogP contribution in [0, 0.1) is 11.3 Å². The molecule has 7 N–H and O–H groups in total. The summed E-state index contributed by atoms with van der Waals surface area (Å²) in [7, 11) is -4.85. The molecule has 0 spiro atoms. The molecule has 1 aliphatic heterocycles. The lowest BCUT2D eigenvalue weighted by Gasteiger charge is -2.36. The lowest BCUT2D eigenvalue weighted by Crippen LogP contribution is -2.60. The van der Waals surface area contributed by atoms with Crippen LogP contribution in [-0.2, 0) is 57.9 Å². The van der Waals surface area contributed by atoms with Crippen molar-refractivity contribution in [3.8, 4) is 11.1 Å². The monoisotopic (exact) mass is 938 g/mol. The Morgan fingerprint density at radius 2 is 1.64 bits per heavy atom. The summed E-state index contributed by atoms with van der Waals surface area (Å²) in [6, 6.07) is 4.11. The first-order chi connectivity index (χ1) is 29.7. The zero-order chi connectivity index (χ0) is 47.7. The van der Waals surface area contributed by atoms with Gasteiger partial charge in [0.2, 0.25) is 39.6 Å². The zero-order valence-electron chi connectivity index (χ0n) is 36.0. The van der Waals surface area contributed by atoms with Crippen molar-refractivity contribution in [1.82, 2.24) is 35.4 Å². The number of aromatic nitrogens is 2. The summed E-state index contributed by atoms with van der Waals surface area (Å²) in [5, 5.41) is 21.0. The van der Waals surface area contributed by atoms with Gasteiger partial charge in [-0.3, -0.25) is 33.4 Å². The number of primary amides is 1. The van der Waals surface area contributed by atoms with Gasteiger partial charge in [-0.05, 0) is 59.9 Å². The summed E-state index contributed by atoms with van der Waals surface area (Å²) in [5.41, 5.74) is 5.49. The number of sulfonamides is 1. The Labute approximate surface area is 374 Å². The number of nitrogens with zero attached hydrogens (tertiary/aromatic N) is 3. The van der Waals surface area contributed by atoms with E-state index in [1.807, 2.05) is 23.0 Å². The number of carbonyl (C=O) groups is 6. The highest BCUT2D eigenvalue weighted by Gasteiger charge is 2.41. The van der Waals surface area contributed by atoms with E-state index in [-0.39, 0.29) is 18.9 Å². The summed E-state index contributed by atoms with van der Waals surface area (Å²) in [6.07, 6.45) is -1.58. The molecule has 64 heavy (non-hydrogen) atoms. The molecule has 17 nitrogen and oxygen atoms in total. The molecule has 2 aromatic carbocycles. The molecule has 22 heteroatoms. The number of amides is 5. The summed E-state index contributed by atoms with van der Waals surface area (Å²) < 4.78 is 69.4. The van der Waals surface area contributed by atoms with Crippen LogP contribution in [0.1, 0.15) is 77.8 Å². The van der Waals surface area contributed by atoms with Crippen LogP contribution in [0.15, 0.2) is 59.8 Å². The molecule has 4 atom stereocenters. The number of hydrogen-bond acceptors (Lipinski definition) is 9. The highest BCUT2D eigenvalue weighted by molar-refractivity contribution is 7.89. The van der Waals surface area contributed by atoms with Crippen molar-refractivity contribution in [2.45, 2.75) is 115 Å². The van der Waals surface area contributed by atoms with E-state index in [2.05, 4.69) is 34.9 Å². The van der Waals surface area contributed by atoms with Crippen LogP contribution in [0.25, 0.3) is 11.1 Å². The Morgan fingerprint density at radius 3 is 2.23 bits per heavy atom. The molecular formula is C42H54ClF3N8O9S. The Morgan fingerprint density at radius 1 is 0.969 bits per heavy atom. The summed E-state index contributed by atoms with van der Waals surface area (Å²) in [4.78, 5) is 78.6. The van der Waals surface area contributed by atoms with Crippen molar-refractivity contribution >= 4 is 57.1 Å². The number of aliphatic carboxylic acids is 1. The van der Waals surface area contributed by atoms with Gasteiger partial charge in [0.05, 0.1) is 28.2 Å². The van der Waals surface area contributed by atoms with Crippen LogP contribution in [0.2, 0.25) is 5.02 Å². The van der Waals surface area contributed by atoms with Gasteiger partial charge in [0, 0.05) is 50.2 Å². The molecule has 0 bridgehead atoms. The van der Waals surface area contributed by atoms with E-state index in [9.17, 15) is 55.5 Å². The normalized spacial score (nSPS) is 15.9. The maximum absolute atomic E-state index is 14.1. The Kier molecular flexibility index (Phi) is 17.1. The van der Waals surface area contributed by atoms with Crippen molar-refractivity contribution in [2.24, 2.45) is 17.1 Å². The van der Waals surface area contributed by atoms with Crippen molar-refractivity contribution in [2.75, 3.05) is 13.1 Å². The fourth-order valence-electron chi connectivity index (χ4n) is 7.06. The molecule has 1 aliphatic rings. The van der Waals surface area contributed by atoms with E-state index in [4.69, 9.17) is 17.3 Å². The Bertz CT molecular complexity index is 2300. The van der Waals surface area contributed by atoms with E-state index in [0.29, 0.717) is 36.9 Å². The van der Waals surface area contributed by atoms with E-state index >= 15 is 0 Å². The van der Waals surface area contributed by atoms with Crippen molar-refractivity contribution in [3.63, 3.8) is 0 Å². The number of carbonyl (C=O) groups excluding carboxylic acids is 5. The van der Waals surface area contributed by atoms with Gasteiger partial charge in [-0.25, -0.2) is 8.42 Å². The number of rotatable bonds is 20. The number of nitrogens with two attached hydrogens (primary N) is 1. The second kappa shape index (κ2) is 21.4. The quantitative estimate of drug-likeness (QED) is 0.0960. The average molecular weight is 939 g/mol. The van der Waals surface area contributed by atoms with Gasteiger partial charge in [0.25, 0.3) is 0 Å². The molecule has 0 unspecified atom stereocenters. The van der Waals surface area contributed by atoms with Crippen molar-refractivity contribution in [1.29, 1.82) is 0 Å². The van der Waals surface area contributed by atoms with Gasteiger partial charge < -0.3 is 31.7 Å². The number of carboxylic acids is 1. The lowest BCUT2D eigenvalue weighted by molar-refractivity contribution is -0.141. The summed E-state index contributed by atoms with van der Waals surface area (Å²) in [6.45, 7) is 9.77. The minimum absolute atomic E-state index is 0.0441. The highest BCUT2D eigenvalue weighted by atomic mass is 35.5. The van der Waals surface area contributed by atoms with Crippen LogP contribution >= 0.6 is 11.6 Å². The van der Waals surface area contributed by atoms with E-state index in [1.54, 1.807) is 43.8 Å². The number of alkyl halides is 3. The van der Waals surface area contributed by atoms with Crippen molar-refractivity contribution < 1.29 is 55.5 Å². The first-order valence-corrected chi connectivity index (χ1v) is 22.3. The van der Waals surface area contributed by atoms with E-state index < -0.39 is 116 Å². The van der Waals surface area contributed by atoms with E-state index in [1.165, 1.54) is 4.90 Å². The van der Waals surface area contributed by atoms with Gasteiger partial charge in [0.1, 0.15) is 18.1 Å². The molecule has 4 rings (SSSR count). The SMILES string of the molecule is CC(C)Cn1cc(-c2ccc(C[C@H](NC(=O)CNC(=O)CC[C@H](NS(=O)(=O)c3ccc(Cl)c(C(F)(F)F)c3)C(=O)O)C(=O)N[C@H](C(=O)N3CCC[C@H]3CC(N)=O)C(C)(C)C)cc2)cn1. The van der Waals surface area contributed by atoms with E-state index in [0.717, 1.165) is 23.7 Å². The maximum Gasteiger partial charge on any atom is 0.417 e. The van der Waals surface area contributed by atoms with Crippen molar-refractivity contribution in [3.05, 3.63) is 71.0 Å². The Balaban J connectivity index is 1.47. The second-order valence-corrected chi connectivity index (χ2v) is 19.3. The maximum atomic E-state index is 14.1. The number of halogens is 4. The first-order valence-electron chi connectivity index (χ1n) is 20.4. The number of nitrogens with one attached hydrogen (secondary N) is 4. The fraction of sp³-hybridized carbons (Fsp3) is 0.500. The predicted octanol–water partition coefficient (Wildman–Crippen LogP) is 3.63. The van der Waals surface area contributed by atoms with Crippen LogP contribution in [-0.4, -0.2) is 101 Å². The predicted molar refractivity (Wildman–Crippen MR) is 229 cm³/mol. The third-order valence-corrected chi connectivity index (χ3v) is 12.1. The molecule has 0 radical (unpaired) electrons.